The summed E-state index contributed by atoms with van der Waals surface area (Å²) in [5, 5.41) is 8.43. The van der Waals surface area contributed by atoms with Crippen molar-refractivity contribution in [2.75, 3.05) is 6.54 Å². The lowest BCUT2D eigenvalue weighted by Crippen LogP contribution is -2.42. The van der Waals surface area contributed by atoms with Gasteiger partial charge in [-0.1, -0.05) is 18.2 Å². The molecule has 2 amide bonds. The van der Waals surface area contributed by atoms with Crippen LogP contribution in [0.1, 0.15) is 18.4 Å². The van der Waals surface area contributed by atoms with Gasteiger partial charge in [-0.15, -0.1) is 0 Å². The lowest BCUT2D eigenvalue weighted by molar-refractivity contribution is -0.133. The molecule has 7 heteroatoms. The lowest BCUT2D eigenvalue weighted by Gasteiger charge is -2.26. The minimum atomic E-state index is -0.0271. The molecule has 0 radical (unpaired) electrons. The van der Waals surface area contributed by atoms with Crippen LogP contribution < -0.4 is 5.32 Å². The van der Waals surface area contributed by atoms with Gasteiger partial charge < -0.3 is 10.2 Å². The van der Waals surface area contributed by atoms with Gasteiger partial charge in [-0.3, -0.25) is 19.3 Å². The molecule has 0 unspecified atom stereocenters. The molecule has 0 spiro atoms. The van der Waals surface area contributed by atoms with Crippen LogP contribution in [0.5, 0.6) is 0 Å². The predicted octanol–water partition coefficient (Wildman–Crippen LogP) is 1.74. The first-order valence-electron chi connectivity index (χ1n) is 9.05. The third kappa shape index (κ3) is 4.13. The maximum absolute atomic E-state index is 13.0. The van der Waals surface area contributed by atoms with E-state index >= 15 is 0 Å². The quantitative estimate of drug-likeness (QED) is 0.723. The Bertz CT molecular complexity index is 920. The van der Waals surface area contributed by atoms with Crippen molar-refractivity contribution in [2.24, 2.45) is 0 Å². The molecule has 1 saturated heterocycles. The Morgan fingerprint density at radius 2 is 2.04 bits per heavy atom. The topological polar surface area (TPSA) is 80.1 Å². The molecule has 1 aliphatic rings. The van der Waals surface area contributed by atoms with Gasteiger partial charge in [0.25, 0.3) is 0 Å². The van der Waals surface area contributed by atoms with E-state index in [-0.39, 0.29) is 24.4 Å². The molecule has 0 saturated carbocycles. The molecule has 0 aliphatic carbocycles. The van der Waals surface area contributed by atoms with Gasteiger partial charge in [0.1, 0.15) is 6.54 Å². The van der Waals surface area contributed by atoms with Crippen LogP contribution in [-0.4, -0.2) is 44.1 Å². The highest BCUT2D eigenvalue weighted by molar-refractivity contribution is 5.80. The monoisotopic (exact) mass is 363 g/mol. The van der Waals surface area contributed by atoms with Crippen LogP contribution >= 0.6 is 0 Å². The van der Waals surface area contributed by atoms with Gasteiger partial charge in [-0.25, -0.2) is 0 Å². The molecule has 1 atom stereocenters. The van der Waals surface area contributed by atoms with E-state index in [1.165, 1.54) is 0 Å². The zero-order chi connectivity index (χ0) is 18.6. The molecule has 4 rings (SSSR count). The Hall–Kier alpha value is -3.22. The first-order chi connectivity index (χ1) is 13.2. The smallest absolute Gasteiger partial charge is 0.244 e. The van der Waals surface area contributed by atoms with Gasteiger partial charge in [-0.2, -0.15) is 5.10 Å². The number of pyridine rings is 1. The van der Waals surface area contributed by atoms with Crippen molar-refractivity contribution in [3.63, 3.8) is 0 Å². The summed E-state index contributed by atoms with van der Waals surface area (Å²) in [5.41, 5.74) is 1.88. The summed E-state index contributed by atoms with van der Waals surface area (Å²) in [4.78, 5) is 30.3. The molecule has 138 valence electrons. The number of nitrogens with one attached hydrogen (secondary N) is 1. The van der Waals surface area contributed by atoms with Gasteiger partial charge in [0.2, 0.25) is 11.8 Å². The number of carbonyl (C=O) groups is 2. The number of carbonyl (C=O) groups excluding carboxylic acids is 2. The Morgan fingerprint density at radius 3 is 2.78 bits per heavy atom. The number of amides is 2. The van der Waals surface area contributed by atoms with Gasteiger partial charge in [0.05, 0.1) is 5.52 Å². The van der Waals surface area contributed by atoms with E-state index in [9.17, 15) is 9.59 Å². The third-order valence-electron chi connectivity index (χ3n) is 4.76. The van der Waals surface area contributed by atoms with Crippen LogP contribution in [0.25, 0.3) is 10.9 Å². The van der Waals surface area contributed by atoms with Crippen LogP contribution in [0.4, 0.5) is 0 Å². The summed E-state index contributed by atoms with van der Waals surface area (Å²) in [5.74, 6) is 0.0235. The molecule has 27 heavy (non-hydrogen) atoms. The van der Waals surface area contributed by atoms with E-state index < -0.39 is 0 Å². The second kappa shape index (κ2) is 7.57. The average molecular weight is 363 g/mol. The summed E-state index contributed by atoms with van der Waals surface area (Å²) in [6, 6.07) is 11.6. The SMILES string of the molecule is O=C1CC[C@@H](CN(Cc2ccncc2)C(=O)Cn2cc3ccccc3n2)N1. The van der Waals surface area contributed by atoms with Crippen LogP contribution in [0.3, 0.4) is 0 Å². The van der Waals surface area contributed by atoms with Crippen molar-refractivity contribution in [1.82, 2.24) is 25.0 Å². The maximum Gasteiger partial charge on any atom is 0.244 e. The molecule has 3 aromatic rings. The lowest BCUT2D eigenvalue weighted by atomic mass is 10.2. The van der Waals surface area contributed by atoms with Crippen molar-refractivity contribution in [1.29, 1.82) is 0 Å². The Kier molecular flexibility index (Phi) is 4.82. The molecule has 1 N–H and O–H groups in total. The normalized spacial score (nSPS) is 16.4. The zero-order valence-corrected chi connectivity index (χ0v) is 14.9. The van der Waals surface area contributed by atoms with E-state index in [2.05, 4.69) is 15.4 Å². The van der Waals surface area contributed by atoms with Gasteiger partial charge in [0, 0.05) is 49.5 Å². The molecular formula is C20H21N5O2. The number of hydrogen-bond donors (Lipinski definition) is 1. The predicted molar refractivity (Wildman–Crippen MR) is 101 cm³/mol. The first-order valence-corrected chi connectivity index (χ1v) is 9.05. The average Bonchev–Trinajstić information content (AvgIpc) is 3.27. The van der Waals surface area contributed by atoms with E-state index in [0.29, 0.717) is 19.5 Å². The van der Waals surface area contributed by atoms with E-state index in [1.807, 2.05) is 42.6 Å². The standard InChI is InChI=1S/C20H21N5O2/c26-19-6-5-17(22-19)13-24(11-15-7-9-21-10-8-15)20(27)14-25-12-16-3-1-2-4-18(16)23-25/h1-4,7-10,12,17H,5-6,11,13-14H2,(H,22,26)/t17-/m0/s1. The van der Waals surface area contributed by atoms with Crippen molar-refractivity contribution >= 4 is 22.7 Å². The second-order valence-electron chi connectivity index (χ2n) is 6.82. The third-order valence-corrected chi connectivity index (χ3v) is 4.76. The number of aromatic nitrogens is 3. The van der Waals surface area contributed by atoms with Crippen molar-refractivity contribution in [3.8, 4) is 0 Å². The van der Waals surface area contributed by atoms with Gasteiger partial charge in [-0.05, 0) is 30.2 Å². The summed E-state index contributed by atoms with van der Waals surface area (Å²) in [6.45, 7) is 1.14. The highest BCUT2D eigenvalue weighted by atomic mass is 16.2. The van der Waals surface area contributed by atoms with E-state index in [1.54, 1.807) is 22.0 Å². The molecule has 7 nitrogen and oxygen atoms in total. The summed E-state index contributed by atoms with van der Waals surface area (Å²) >= 11 is 0. The Labute approximate surface area is 157 Å². The Morgan fingerprint density at radius 1 is 1.22 bits per heavy atom. The van der Waals surface area contributed by atoms with Gasteiger partial charge >= 0.3 is 0 Å². The minimum absolute atomic E-state index is 0.0000177. The fourth-order valence-electron chi connectivity index (χ4n) is 3.38. The maximum atomic E-state index is 13.0. The minimum Gasteiger partial charge on any atom is -0.352 e. The van der Waals surface area contributed by atoms with Crippen LogP contribution in [0.15, 0.2) is 55.0 Å². The van der Waals surface area contributed by atoms with E-state index in [0.717, 1.165) is 22.9 Å². The van der Waals surface area contributed by atoms with Gasteiger partial charge in [0.15, 0.2) is 0 Å². The van der Waals surface area contributed by atoms with Crippen molar-refractivity contribution in [2.45, 2.75) is 32.0 Å². The van der Waals surface area contributed by atoms with Crippen LogP contribution in [0.2, 0.25) is 0 Å². The highest BCUT2D eigenvalue weighted by Gasteiger charge is 2.25. The van der Waals surface area contributed by atoms with Crippen molar-refractivity contribution < 1.29 is 9.59 Å². The largest absolute Gasteiger partial charge is 0.352 e. The van der Waals surface area contributed by atoms with Crippen LogP contribution in [-0.2, 0) is 22.7 Å². The van der Waals surface area contributed by atoms with Crippen molar-refractivity contribution in [3.05, 3.63) is 60.6 Å². The fraction of sp³-hybridized carbons (Fsp3) is 0.300. The molecule has 3 heterocycles. The molecule has 1 fully saturated rings. The number of benzene rings is 1. The molecule has 1 aromatic carbocycles. The molecule has 0 bridgehead atoms. The fourth-order valence-corrected chi connectivity index (χ4v) is 3.38. The molecule has 2 aromatic heterocycles. The second-order valence-corrected chi connectivity index (χ2v) is 6.82. The van der Waals surface area contributed by atoms with E-state index in [4.69, 9.17) is 0 Å². The van der Waals surface area contributed by atoms with Crippen LogP contribution in [0, 0.1) is 0 Å². The number of rotatable bonds is 6. The zero-order valence-electron chi connectivity index (χ0n) is 14.9. The molecule has 1 aliphatic heterocycles. The first kappa shape index (κ1) is 17.2. The summed E-state index contributed by atoms with van der Waals surface area (Å²) in [6.07, 6.45) is 6.59. The summed E-state index contributed by atoms with van der Waals surface area (Å²) in [7, 11) is 0. The Balaban J connectivity index is 1.50. The number of nitrogens with zero attached hydrogens (tertiary/aromatic N) is 4. The summed E-state index contributed by atoms with van der Waals surface area (Å²) < 4.78 is 1.68. The highest BCUT2D eigenvalue weighted by Crippen LogP contribution is 2.14. The number of fused-ring (bicyclic) bond motifs is 1. The molecular weight excluding hydrogens is 342 g/mol. The number of hydrogen-bond acceptors (Lipinski definition) is 4.